The van der Waals surface area contributed by atoms with E-state index in [-0.39, 0.29) is 17.8 Å². The van der Waals surface area contributed by atoms with Crippen LogP contribution in [0.4, 0.5) is 0 Å². The maximum atomic E-state index is 13.3. The Balaban J connectivity index is 4.54. The molecule has 0 rings (SSSR count). The Kier molecular flexibility index (Phi) is 23.9. The number of ether oxygens (including phenoxy) is 1. The molecule has 0 aromatic heterocycles. The summed E-state index contributed by atoms with van der Waals surface area (Å²) >= 11 is 0. The summed E-state index contributed by atoms with van der Waals surface area (Å²) in [5.41, 5.74) is 0. The first kappa shape index (κ1) is 33.9. The van der Waals surface area contributed by atoms with Crippen LogP contribution in [0.5, 0.6) is 0 Å². The van der Waals surface area contributed by atoms with Crippen molar-refractivity contribution in [3.05, 3.63) is 0 Å². The number of unbranched alkanes of at least 4 members (excludes halogenated alkanes) is 11. The fourth-order valence-electron chi connectivity index (χ4n) is 4.74. The molecule has 0 heterocycles. The van der Waals surface area contributed by atoms with Gasteiger partial charge >= 0.3 is 5.97 Å². The number of hydrogen-bond donors (Lipinski definition) is 0. The molecule has 0 N–H and O–H groups in total. The van der Waals surface area contributed by atoms with E-state index in [1.54, 1.807) is 0 Å². The fraction of sp³-hybridized carbons (Fsp3) is 0.935. The molecule has 0 spiro atoms. The number of rotatable bonds is 25. The summed E-state index contributed by atoms with van der Waals surface area (Å²) in [5, 5.41) is 0. The lowest BCUT2D eigenvalue weighted by molar-refractivity contribution is -0.146. The normalized spacial score (nSPS) is 12.9. The molecule has 0 radical (unpaired) electrons. The second kappa shape index (κ2) is 24.6. The summed E-state index contributed by atoms with van der Waals surface area (Å²) in [6.07, 6.45) is 21.8. The van der Waals surface area contributed by atoms with Gasteiger partial charge in [-0.05, 0) is 31.6 Å². The highest BCUT2D eigenvalue weighted by molar-refractivity contribution is 5.79. The zero-order valence-electron chi connectivity index (χ0n) is 24.4. The van der Waals surface area contributed by atoms with Crippen molar-refractivity contribution in [1.82, 2.24) is 4.90 Å². The Morgan fingerprint density at radius 3 is 1.71 bits per heavy atom. The van der Waals surface area contributed by atoms with Gasteiger partial charge in [-0.15, -0.1) is 0 Å². The predicted molar refractivity (Wildman–Crippen MR) is 151 cm³/mol. The summed E-state index contributed by atoms with van der Waals surface area (Å²) < 4.78 is 5.60. The second-order valence-electron chi connectivity index (χ2n) is 10.6. The molecule has 35 heavy (non-hydrogen) atoms. The van der Waals surface area contributed by atoms with Gasteiger partial charge in [0, 0.05) is 19.0 Å². The fourth-order valence-corrected chi connectivity index (χ4v) is 4.74. The van der Waals surface area contributed by atoms with E-state index in [9.17, 15) is 9.59 Å². The molecule has 4 nitrogen and oxygen atoms in total. The van der Waals surface area contributed by atoms with Crippen molar-refractivity contribution >= 4 is 11.9 Å². The molecule has 0 saturated heterocycles. The van der Waals surface area contributed by atoms with Gasteiger partial charge in [0.15, 0.2) is 0 Å². The molecule has 208 valence electrons. The van der Waals surface area contributed by atoms with Crippen molar-refractivity contribution in [3.63, 3.8) is 0 Å². The number of nitrogens with zero attached hydrogens (tertiary/aromatic N) is 1. The summed E-state index contributed by atoms with van der Waals surface area (Å²) in [6, 6.07) is 0. The highest BCUT2D eigenvalue weighted by atomic mass is 16.5. The molecule has 0 aliphatic rings. The molecular weight excluding hydrogens is 434 g/mol. The van der Waals surface area contributed by atoms with Crippen molar-refractivity contribution in [2.24, 2.45) is 11.8 Å². The van der Waals surface area contributed by atoms with Gasteiger partial charge in [0.05, 0.1) is 13.0 Å². The van der Waals surface area contributed by atoms with Crippen LogP contribution in [-0.4, -0.2) is 36.5 Å². The van der Waals surface area contributed by atoms with E-state index in [0.29, 0.717) is 25.5 Å². The van der Waals surface area contributed by atoms with Crippen LogP contribution < -0.4 is 0 Å². The van der Waals surface area contributed by atoms with Gasteiger partial charge in [-0.1, -0.05) is 125 Å². The molecule has 2 atom stereocenters. The molecule has 0 aromatic carbocycles. The zero-order chi connectivity index (χ0) is 26.2. The van der Waals surface area contributed by atoms with Crippen LogP contribution in [0.2, 0.25) is 0 Å². The summed E-state index contributed by atoms with van der Waals surface area (Å²) in [7, 11) is 0. The van der Waals surface area contributed by atoms with Gasteiger partial charge in [-0.2, -0.15) is 0 Å². The van der Waals surface area contributed by atoms with Crippen LogP contribution >= 0.6 is 0 Å². The number of hydrogen-bond acceptors (Lipinski definition) is 3. The van der Waals surface area contributed by atoms with Gasteiger partial charge in [0.1, 0.15) is 0 Å². The summed E-state index contributed by atoms with van der Waals surface area (Å²) in [6.45, 7) is 12.7. The Bertz CT molecular complexity index is 494. The first-order valence-electron chi connectivity index (χ1n) is 15.5. The lowest BCUT2D eigenvalue weighted by Crippen LogP contribution is -2.38. The average molecular weight is 496 g/mol. The van der Waals surface area contributed by atoms with Crippen molar-refractivity contribution < 1.29 is 14.3 Å². The number of amides is 1. The van der Waals surface area contributed by atoms with Crippen LogP contribution in [0.15, 0.2) is 0 Å². The predicted octanol–water partition coefficient (Wildman–Crippen LogP) is 9.10. The van der Waals surface area contributed by atoms with E-state index in [4.69, 9.17) is 4.74 Å². The molecule has 0 fully saturated rings. The minimum absolute atomic E-state index is 0.0904. The van der Waals surface area contributed by atoms with Crippen molar-refractivity contribution in [2.75, 3.05) is 19.7 Å². The highest BCUT2D eigenvalue weighted by Gasteiger charge is 2.23. The van der Waals surface area contributed by atoms with Crippen LogP contribution in [0, 0.1) is 11.8 Å². The van der Waals surface area contributed by atoms with Gasteiger partial charge in [-0.3, -0.25) is 9.59 Å². The molecule has 0 bridgehead atoms. The quantitative estimate of drug-likeness (QED) is 0.0937. The largest absolute Gasteiger partial charge is 0.465 e. The second-order valence-corrected chi connectivity index (χ2v) is 10.6. The minimum atomic E-state index is -0.151. The Morgan fingerprint density at radius 1 is 0.629 bits per heavy atom. The van der Waals surface area contributed by atoms with E-state index in [2.05, 4.69) is 34.6 Å². The molecule has 4 heteroatoms. The maximum Gasteiger partial charge on any atom is 0.307 e. The van der Waals surface area contributed by atoms with Crippen LogP contribution in [-0.2, 0) is 14.3 Å². The topological polar surface area (TPSA) is 46.6 Å². The molecular formula is C31H61NO3. The third-order valence-electron chi connectivity index (χ3n) is 7.45. The third kappa shape index (κ3) is 18.8. The van der Waals surface area contributed by atoms with E-state index in [1.165, 1.54) is 70.6 Å². The van der Waals surface area contributed by atoms with Crippen molar-refractivity contribution in [2.45, 2.75) is 157 Å². The zero-order valence-corrected chi connectivity index (χ0v) is 24.4. The lowest BCUT2D eigenvalue weighted by Gasteiger charge is -2.27. The van der Waals surface area contributed by atoms with Gasteiger partial charge in [0.25, 0.3) is 0 Å². The molecule has 0 aliphatic carbocycles. The number of carbonyl (C=O) groups is 2. The Morgan fingerprint density at radius 2 is 1.17 bits per heavy atom. The SMILES string of the molecule is CCCCCCCCCCCCN(CCC(=O)OCC(CC)CCCC)C(=O)C(CC)CCCC. The van der Waals surface area contributed by atoms with Crippen LogP contribution in [0.3, 0.4) is 0 Å². The average Bonchev–Trinajstić information content (AvgIpc) is 2.87. The molecule has 0 aromatic rings. The van der Waals surface area contributed by atoms with Crippen LogP contribution in [0.1, 0.15) is 157 Å². The van der Waals surface area contributed by atoms with Crippen molar-refractivity contribution in [3.8, 4) is 0 Å². The Hall–Kier alpha value is -1.06. The van der Waals surface area contributed by atoms with Gasteiger partial charge in [-0.25, -0.2) is 0 Å². The molecule has 0 saturated carbocycles. The Labute approximate surface area is 219 Å². The van der Waals surface area contributed by atoms with Gasteiger partial charge in [0.2, 0.25) is 5.91 Å². The molecule has 1 amide bonds. The standard InChI is InChI=1S/C31H61NO3/c1-6-11-14-15-16-17-18-19-20-21-25-32(31(34)29(10-5)23-13-8-3)26-24-30(33)35-27-28(9-4)22-12-7-2/h28-29H,6-27H2,1-5H3. The molecule has 0 aliphatic heterocycles. The van der Waals surface area contributed by atoms with Gasteiger partial charge < -0.3 is 9.64 Å². The van der Waals surface area contributed by atoms with E-state index in [1.807, 2.05) is 4.90 Å². The molecule has 2 unspecified atom stereocenters. The van der Waals surface area contributed by atoms with Crippen LogP contribution in [0.25, 0.3) is 0 Å². The summed E-state index contributed by atoms with van der Waals surface area (Å²) in [4.78, 5) is 27.7. The smallest absolute Gasteiger partial charge is 0.307 e. The first-order chi connectivity index (χ1) is 17.0. The maximum absolute atomic E-state index is 13.3. The number of esters is 1. The third-order valence-corrected chi connectivity index (χ3v) is 7.45. The van der Waals surface area contributed by atoms with Crippen molar-refractivity contribution in [1.29, 1.82) is 0 Å². The number of carbonyl (C=O) groups excluding carboxylic acids is 2. The summed E-state index contributed by atoms with van der Waals surface area (Å²) in [5.74, 6) is 0.649. The monoisotopic (exact) mass is 495 g/mol. The highest BCUT2D eigenvalue weighted by Crippen LogP contribution is 2.18. The first-order valence-corrected chi connectivity index (χ1v) is 15.5. The lowest BCUT2D eigenvalue weighted by atomic mass is 9.97. The van der Waals surface area contributed by atoms with E-state index < -0.39 is 0 Å². The van der Waals surface area contributed by atoms with E-state index >= 15 is 0 Å². The minimum Gasteiger partial charge on any atom is -0.465 e. The van der Waals surface area contributed by atoms with E-state index in [0.717, 1.165) is 51.5 Å².